The summed E-state index contributed by atoms with van der Waals surface area (Å²) in [5.41, 5.74) is 2.52. The second kappa shape index (κ2) is 7.31. The van der Waals surface area contributed by atoms with E-state index in [1.165, 1.54) is 11.1 Å². The van der Waals surface area contributed by atoms with E-state index in [9.17, 15) is 0 Å². The zero-order valence-electron chi connectivity index (χ0n) is 11.0. The smallest absolute Gasteiger partial charge is 0.122 e. The number of rotatable bonds is 6. The Morgan fingerprint density at radius 3 is 2.42 bits per heavy atom. The topological polar surface area (TPSA) is 21.3 Å². The van der Waals surface area contributed by atoms with Gasteiger partial charge in [-0.3, -0.25) is 0 Å². The van der Waals surface area contributed by atoms with Crippen molar-refractivity contribution in [2.75, 3.05) is 13.7 Å². The molecule has 0 fully saturated rings. The lowest BCUT2D eigenvalue weighted by Crippen LogP contribution is -2.17. The van der Waals surface area contributed by atoms with Crippen LogP contribution in [0.25, 0.3) is 0 Å². The Bertz CT molecular complexity index is 528. The van der Waals surface area contributed by atoms with Crippen LogP contribution in [0.1, 0.15) is 11.1 Å². The molecule has 2 nitrogen and oxygen atoms in total. The minimum atomic E-state index is 0.872. The second-order valence-electron chi connectivity index (χ2n) is 4.33. The molecule has 0 radical (unpaired) electrons. The third kappa shape index (κ3) is 4.08. The van der Waals surface area contributed by atoms with Crippen molar-refractivity contribution in [2.45, 2.75) is 13.0 Å². The van der Waals surface area contributed by atoms with Gasteiger partial charge in [-0.2, -0.15) is 0 Å². The summed E-state index contributed by atoms with van der Waals surface area (Å²) in [6.07, 6.45) is 0.967. The van der Waals surface area contributed by atoms with Gasteiger partial charge < -0.3 is 10.1 Å². The van der Waals surface area contributed by atoms with Crippen LogP contribution < -0.4 is 10.1 Å². The van der Waals surface area contributed by atoms with Crippen LogP contribution in [0, 0.1) is 0 Å². The molecule has 0 amide bonds. The Kier molecular flexibility index (Phi) is 5.43. The number of hydrogen-bond acceptors (Lipinski definition) is 2. The highest BCUT2D eigenvalue weighted by molar-refractivity contribution is 9.10. The van der Waals surface area contributed by atoms with Crippen molar-refractivity contribution in [3.05, 3.63) is 64.1 Å². The molecule has 2 rings (SSSR count). The maximum Gasteiger partial charge on any atom is 0.122 e. The van der Waals surface area contributed by atoms with Crippen LogP contribution in [0.4, 0.5) is 0 Å². The van der Waals surface area contributed by atoms with Crippen LogP contribution >= 0.6 is 15.9 Å². The Balaban J connectivity index is 1.83. The molecule has 0 saturated carbocycles. The van der Waals surface area contributed by atoms with Crippen molar-refractivity contribution < 1.29 is 4.74 Å². The molecule has 100 valence electrons. The quantitative estimate of drug-likeness (QED) is 0.818. The largest absolute Gasteiger partial charge is 0.496 e. The summed E-state index contributed by atoms with van der Waals surface area (Å²) < 4.78 is 6.50. The minimum Gasteiger partial charge on any atom is -0.496 e. The number of nitrogens with one attached hydrogen (secondary N) is 1. The van der Waals surface area contributed by atoms with Gasteiger partial charge in [0.05, 0.1) is 7.11 Å². The van der Waals surface area contributed by atoms with Crippen molar-refractivity contribution >= 4 is 15.9 Å². The summed E-state index contributed by atoms with van der Waals surface area (Å²) in [5.74, 6) is 0.963. The predicted molar refractivity (Wildman–Crippen MR) is 82.5 cm³/mol. The van der Waals surface area contributed by atoms with Gasteiger partial charge in [-0.1, -0.05) is 52.3 Å². The number of halogens is 1. The first-order valence-corrected chi connectivity index (χ1v) is 7.16. The van der Waals surface area contributed by atoms with E-state index in [4.69, 9.17) is 4.74 Å². The summed E-state index contributed by atoms with van der Waals surface area (Å²) >= 11 is 3.56. The molecule has 1 N–H and O–H groups in total. The SMILES string of the molecule is COc1ccccc1CCNCc1ccccc1Br. The lowest BCUT2D eigenvalue weighted by atomic mass is 10.1. The first-order valence-electron chi connectivity index (χ1n) is 6.37. The van der Waals surface area contributed by atoms with E-state index in [0.29, 0.717) is 0 Å². The average Bonchev–Trinajstić information content (AvgIpc) is 2.45. The third-order valence-corrected chi connectivity index (χ3v) is 3.81. The number of methoxy groups -OCH3 is 1. The molecule has 0 aliphatic carbocycles. The van der Waals surface area contributed by atoms with E-state index >= 15 is 0 Å². The predicted octanol–water partition coefficient (Wildman–Crippen LogP) is 3.79. The fourth-order valence-electron chi connectivity index (χ4n) is 2.00. The van der Waals surface area contributed by atoms with E-state index in [1.54, 1.807) is 7.11 Å². The normalized spacial score (nSPS) is 10.4. The fraction of sp³-hybridized carbons (Fsp3) is 0.250. The molecule has 3 heteroatoms. The summed E-state index contributed by atoms with van der Waals surface area (Å²) in [5, 5.41) is 3.46. The summed E-state index contributed by atoms with van der Waals surface area (Å²) in [6, 6.07) is 16.4. The highest BCUT2D eigenvalue weighted by Gasteiger charge is 2.01. The van der Waals surface area contributed by atoms with Crippen LogP contribution in [0.3, 0.4) is 0 Å². The van der Waals surface area contributed by atoms with E-state index in [1.807, 2.05) is 24.3 Å². The number of para-hydroxylation sites is 1. The van der Waals surface area contributed by atoms with Crippen molar-refractivity contribution in [1.82, 2.24) is 5.32 Å². The lowest BCUT2D eigenvalue weighted by Gasteiger charge is -2.09. The van der Waals surface area contributed by atoms with Gasteiger partial charge in [0.15, 0.2) is 0 Å². The van der Waals surface area contributed by atoms with Crippen molar-refractivity contribution in [1.29, 1.82) is 0 Å². The first-order chi connectivity index (χ1) is 9.31. The van der Waals surface area contributed by atoms with E-state index in [0.717, 1.165) is 29.7 Å². The third-order valence-electron chi connectivity index (χ3n) is 3.04. The molecule has 0 atom stereocenters. The first kappa shape index (κ1) is 14.1. The molecule has 0 aliphatic heterocycles. The Morgan fingerprint density at radius 1 is 1.00 bits per heavy atom. The average molecular weight is 320 g/mol. The van der Waals surface area contributed by atoms with Gasteiger partial charge in [0.1, 0.15) is 5.75 Å². The molecular formula is C16H18BrNO. The van der Waals surface area contributed by atoms with Crippen LogP contribution in [-0.4, -0.2) is 13.7 Å². The van der Waals surface area contributed by atoms with Gasteiger partial charge in [-0.25, -0.2) is 0 Å². The van der Waals surface area contributed by atoms with E-state index < -0.39 is 0 Å². The van der Waals surface area contributed by atoms with Crippen LogP contribution in [-0.2, 0) is 13.0 Å². The summed E-state index contributed by atoms with van der Waals surface area (Å²) in [7, 11) is 1.72. The number of benzene rings is 2. The molecule has 0 saturated heterocycles. The maximum absolute atomic E-state index is 5.34. The minimum absolute atomic E-state index is 0.872. The second-order valence-corrected chi connectivity index (χ2v) is 5.18. The van der Waals surface area contributed by atoms with Crippen molar-refractivity contribution in [3.8, 4) is 5.75 Å². The Labute approximate surface area is 122 Å². The van der Waals surface area contributed by atoms with Crippen molar-refractivity contribution in [3.63, 3.8) is 0 Å². The monoisotopic (exact) mass is 319 g/mol. The molecule has 0 heterocycles. The highest BCUT2D eigenvalue weighted by Crippen LogP contribution is 2.18. The van der Waals surface area contributed by atoms with Gasteiger partial charge in [0, 0.05) is 11.0 Å². The van der Waals surface area contributed by atoms with Crippen molar-refractivity contribution in [2.24, 2.45) is 0 Å². The fourth-order valence-corrected chi connectivity index (χ4v) is 2.42. The van der Waals surface area contributed by atoms with Crippen LogP contribution in [0.15, 0.2) is 53.0 Å². The Hall–Kier alpha value is -1.32. The van der Waals surface area contributed by atoms with Gasteiger partial charge in [-0.05, 0) is 36.2 Å². The Morgan fingerprint density at radius 2 is 1.68 bits per heavy atom. The van der Waals surface area contributed by atoms with Gasteiger partial charge >= 0.3 is 0 Å². The standard InChI is InChI=1S/C16H18BrNO/c1-19-16-9-5-3-6-13(16)10-11-18-12-14-7-2-4-8-15(14)17/h2-9,18H,10-12H2,1H3. The molecule has 0 aromatic heterocycles. The van der Waals surface area contributed by atoms with Gasteiger partial charge in [-0.15, -0.1) is 0 Å². The zero-order valence-corrected chi connectivity index (χ0v) is 12.6. The number of ether oxygens (including phenoxy) is 1. The highest BCUT2D eigenvalue weighted by atomic mass is 79.9. The molecular weight excluding hydrogens is 302 g/mol. The summed E-state index contributed by atoms with van der Waals surface area (Å²) in [6.45, 7) is 1.80. The van der Waals surface area contributed by atoms with Gasteiger partial charge in [0.25, 0.3) is 0 Å². The van der Waals surface area contributed by atoms with Crippen LogP contribution in [0.5, 0.6) is 5.75 Å². The van der Waals surface area contributed by atoms with Crippen LogP contribution in [0.2, 0.25) is 0 Å². The van der Waals surface area contributed by atoms with E-state index in [-0.39, 0.29) is 0 Å². The molecule has 0 spiro atoms. The molecule has 0 aliphatic rings. The molecule has 0 unspecified atom stereocenters. The molecule has 0 bridgehead atoms. The lowest BCUT2D eigenvalue weighted by molar-refractivity contribution is 0.409. The summed E-state index contributed by atoms with van der Waals surface area (Å²) in [4.78, 5) is 0. The van der Waals surface area contributed by atoms with E-state index in [2.05, 4.69) is 45.5 Å². The maximum atomic E-state index is 5.34. The molecule has 19 heavy (non-hydrogen) atoms. The van der Waals surface area contributed by atoms with Gasteiger partial charge in [0.2, 0.25) is 0 Å². The zero-order chi connectivity index (χ0) is 13.5. The molecule has 2 aromatic rings. The number of hydrogen-bond donors (Lipinski definition) is 1. The molecule has 2 aromatic carbocycles.